The fraction of sp³-hybridized carbons (Fsp3) is 0.182. The van der Waals surface area contributed by atoms with Crippen LogP contribution in [0.2, 0.25) is 0 Å². The van der Waals surface area contributed by atoms with Gasteiger partial charge in [-0.05, 0) is 50.2 Å². The smallest absolute Gasteiger partial charge is 0.253 e. The van der Waals surface area contributed by atoms with Crippen LogP contribution in [0, 0.1) is 13.8 Å². The van der Waals surface area contributed by atoms with Gasteiger partial charge in [-0.25, -0.2) is 14.3 Å². The summed E-state index contributed by atoms with van der Waals surface area (Å²) in [5.41, 5.74) is 5.52. The first-order valence-electron chi connectivity index (χ1n) is 9.35. The van der Waals surface area contributed by atoms with Crippen molar-refractivity contribution in [3.8, 4) is 11.4 Å². The predicted octanol–water partition coefficient (Wildman–Crippen LogP) is 3.34. The number of aromatic nitrogens is 5. The van der Waals surface area contributed by atoms with E-state index in [9.17, 15) is 4.79 Å². The van der Waals surface area contributed by atoms with Crippen LogP contribution in [0.25, 0.3) is 11.4 Å². The van der Waals surface area contributed by atoms with Crippen LogP contribution in [-0.2, 0) is 6.54 Å². The molecule has 0 atom stereocenters. The first-order chi connectivity index (χ1) is 14.0. The van der Waals surface area contributed by atoms with Gasteiger partial charge in [-0.2, -0.15) is 10.2 Å². The summed E-state index contributed by atoms with van der Waals surface area (Å²) in [7, 11) is 1.81. The molecule has 1 amide bonds. The number of aryl methyl sites for hydroxylation is 1. The summed E-state index contributed by atoms with van der Waals surface area (Å²) in [4.78, 5) is 18.6. The Morgan fingerprint density at radius 1 is 1.00 bits per heavy atom. The average Bonchev–Trinajstić information content (AvgIpc) is 3.38. The van der Waals surface area contributed by atoms with Crippen LogP contribution in [0.15, 0.2) is 67.3 Å². The Hall–Kier alpha value is -3.74. The van der Waals surface area contributed by atoms with Crippen molar-refractivity contribution in [1.29, 1.82) is 0 Å². The number of carbonyl (C=O) groups is 1. The highest BCUT2D eigenvalue weighted by Crippen LogP contribution is 2.20. The number of hydrogen-bond donors (Lipinski definition) is 0. The van der Waals surface area contributed by atoms with Gasteiger partial charge in [0.05, 0.1) is 17.1 Å². The Morgan fingerprint density at radius 3 is 2.38 bits per heavy atom. The van der Waals surface area contributed by atoms with E-state index < -0.39 is 0 Å². The number of carbonyl (C=O) groups excluding carboxylic acids is 1. The molecule has 0 saturated heterocycles. The number of amides is 1. The molecule has 0 aliphatic carbocycles. The molecule has 0 saturated carbocycles. The molecular formula is C22H22N6O. The third-order valence-electron chi connectivity index (χ3n) is 4.98. The molecule has 0 aliphatic heterocycles. The molecule has 0 bridgehead atoms. The molecule has 0 radical (unpaired) electrons. The molecule has 0 aliphatic rings. The average molecular weight is 386 g/mol. The molecule has 2 aromatic heterocycles. The van der Waals surface area contributed by atoms with E-state index in [4.69, 9.17) is 0 Å². The zero-order chi connectivity index (χ0) is 20.4. The minimum Gasteiger partial charge on any atom is -0.337 e. The fourth-order valence-corrected chi connectivity index (χ4v) is 3.35. The largest absolute Gasteiger partial charge is 0.337 e. The number of nitrogens with zero attached hydrogens (tertiary/aromatic N) is 6. The van der Waals surface area contributed by atoms with Gasteiger partial charge in [0.15, 0.2) is 0 Å². The van der Waals surface area contributed by atoms with Crippen LogP contribution < -0.4 is 0 Å². The Bertz CT molecular complexity index is 1110. The van der Waals surface area contributed by atoms with Gasteiger partial charge in [-0.1, -0.05) is 18.2 Å². The molecule has 0 unspecified atom stereocenters. The van der Waals surface area contributed by atoms with Gasteiger partial charge in [-0.3, -0.25) is 4.79 Å². The number of rotatable bonds is 5. The van der Waals surface area contributed by atoms with Crippen molar-refractivity contribution in [2.45, 2.75) is 20.4 Å². The summed E-state index contributed by atoms with van der Waals surface area (Å²) in [5, 5.41) is 8.77. The maximum Gasteiger partial charge on any atom is 0.253 e. The summed E-state index contributed by atoms with van der Waals surface area (Å²) < 4.78 is 3.58. The van der Waals surface area contributed by atoms with Gasteiger partial charge in [0.1, 0.15) is 12.7 Å². The van der Waals surface area contributed by atoms with Crippen molar-refractivity contribution in [2.75, 3.05) is 7.05 Å². The third kappa shape index (κ3) is 3.67. The summed E-state index contributed by atoms with van der Waals surface area (Å²) >= 11 is 0. The van der Waals surface area contributed by atoms with Crippen LogP contribution >= 0.6 is 0 Å². The molecule has 0 spiro atoms. The van der Waals surface area contributed by atoms with Crippen LogP contribution in [0.1, 0.15) is 27.3 Å². The van der Waals surface area contributed by atoms with Crippen LogP contribution in [0.4, 0.5) is 0 Å². The van der Waals surface area contributed by atoms with Gasteiger partial charge >= 0.3 is 0 Å². The van der Waals surface area contributed by atoms with E-state index in [1.807, 2.05) is 80.2 Å². The molecule has 146 valence electrons. The Labute approximate surface area is 169 Å². The second-order valence-corrected chi connectivity index (χ2v) is 6.94. The molecule has 0 fully saturated rings. The van der Waals surface area contributed by atoms with E-state index in [-0.39, 0.29) is 5.91 Å². The molecule has 2 aromatic carbocycles. The van der Waals surface area contributed by atoms with E-state index in [1.54, 1.807) is 15.9 Å². The molecule has 4 aromatic rings. The first kappa shape index (κ1) is 18.6. The monoisotopic (exact) mass is 386 g/mol. The normalized spacial score (nSPS) is 10.9. The topological polar surface area (TPSA) is 68.8 Å². The van der Waals surface area contributed by atoms with Crippen molar-refractivity contribution < 1.29 is 4.79 Å². The zero-order valence-electron chi connectivity index (χ0n) is 16.6. The van der Waals surface area contributed by atoms with Crippen molar-refractivity contribution in [1.82, 2.24) is 29.4 Å². The van der Waals surface area contributed by atoms with Crippen molar-refractivity contribution in [2.24, 2.45) is 0 Å². The van der Waals surface area contributed by atoms with E-state index in [0.717, 1.165) is 28.3 Å². The standard InChI is InChI=1S/C22H22N6O/c1-16-21(17(2)28(25-16)20-7-5-4-6-8-20)13-26(3)22(29)18-9-11-19(12-10-18)27-15-23-14-24-27/h4-12,14-15H,13H2,1-3H3. The highest BCUT2D eigenvalue weighted by molar-refractivity contribution is 5.94. The molecule has 7 nitrogen and oxygen atoms in total. The summed E-state index contributed by atoms with van der Waals surface area (Å²) in [5.74, 6) is -0.0404. The minimum atomic E-state index is -0.0404. The third-order valence-corrected chi connectivity index (χ3v) is 4.98. The SMILES string of the molecule is Cc1nn(-c2ccccc2)c(C)c1CN(C)C(=O)c1ccc(-n2cncn2)cc1. The second-order valence-electron chi connectivity index (χ2n) is 6.94. The lowest BCUT2D eigenvalue weighted by Crippen LogP contribution is -2.26. The van der Waals surface area contributed by atoms with E-state index in [2.05, 4.69) is 15.2 Å². The molecular weight excluding hydrogens is 364 g/mol. The summed E-state index contributed by atoms with van der Waals surface area (Å²) in [6.45, 7) is 4.51. The van der Waals surface area contributed by atoms with E-state index in [1.165, 1.54) is 6.33 Å². The van der Waals surface area contributed by atoms with Gasteiger partial charge in [0.2, 0.25) is 0 Å². The van der Waals surface area contributed by atoms with E-state index in [0.29, 0.717) is 12.1 Å². The summed E-state index contributed by atoms with van der Waals surface area (Å²) in [6, 6.07) is 17.3. The fourth-order valence-electron chi connectivity index (χ4n) is 3.35. The molecule has 7 heteroatoms. The number of benzene rings is 2. The molecule has 0 N–H and O–H groups in total. The maximum atomic E-state index is 12.9. The van der Waals surface area contributed by atoms with Gasteiger partial charge in [0.25, 0.3) is 5.91 Å². The summed E-state index contributed by atoms with van der Waals surface area (Å²) in [6.07, 6.45) is 3.10. The highest BCUT2D eigenvalue weighted by atomic mass is 16.2. The van der Waals surface area contributed by atoms with Crippen LogP contribution in [0.3, 0.4) is 0 Å². The van der Waals surface area contributed by atoms with Crippen LogP contribution in [0.5, 0.6) is 0 Å². The lowest BCUT2D eigenvalue weighted by Gasteiger charge is -2.18. The molecule has 29 heavy (non-hydrogen) atoms. The molecule has 4 rings (SSSR count). The number of para-hydroxylation sites is 1. The van der Waals surface area contributed by atoms with Crippen molar-refractivity contribution in [3.63, 3.8) is 0 Å². The highest BCUT2D eigenvalue weighted by Gasteiger charge is 2.18. The van der Waals surface area contributed by atoms with Gasteiger partial charge in [-0.15, -0.1) is 0 Å². The Morgan fingerprint density at radius 2 is 1.72 bits per heavy atom. The minimum absolute atomic E-state index is 0.0404. The van der Waals surface area contributed by atoms with E-state index >= 15 is 0 Å². The van der Waals surface area contributed by atoms with Crippen molar-refractivity contribution >= 4 is 5.91 Å². The first-order valence-corrected chi connectivity index (χ1v) is 9.35. The zero-order valence-corrected chi connectivity index (χ0v) is 16.6. The quantitative estimate of drug-likeness (QED) is 0.528. The maximum absolute atomic E-state index is 12.9. The Balaban J connectivity index is 1.53. The second kappa shape index (κ2) is 7.71. The lowest BCUT2D eigenvalue weighted by atomic mass is 10.1. The van der Waals surface area contributed by atoms with Crippen LogP contribution in [-0.4, -0.2) is 42.4 Å². The predicted molar refractivity (Wildman–Crippen MR) is 110 cm³/mol. The molecule has 2 heterocycles. The Kier molecular flexibility index (Phi) is 4.95. The van der Waals surface area contributed by atoms with Gasteiger partial charge in [0, 0.05) is 30.4 Å². The van der Waals surface area contributed by atoms with Gasteiger partial charge < -0.3 is 4.90 Å². The number of hydrogen-bond acceptors (Lipinski definition) is 4. The lowest BCUT2D eigenvalue weighted by molar-refractivity contribution is 0.0785. The van der Waals surface area contributed by atoms with Crippen molar-refractivity contribution in [3.05, 3.63) is 89.8 Å².